The quantitative estimate of drug-likeness (QED) is 0.689. The van der Waals surface area contributed by atoms with E-state index in [-0.39, 0.29) is 17.5 Å². The second-order valence-electron chi connectivity index (χ2n) is 8.53. The minimum atomic E-state index is -0.708. The number of rotatable bonds is 0. The van der Waals surface area contributed by atoms with E-state index in [0.29, 0.717) is 11.3 Å². The molecule has 0 aromatic rings. The SMILES string of the molecule is C[C@]12CC[C@H]3[C@@H](CCC4CCCC[C@@]43C)C1=C(O)C(=O)C2=O. The van der Waals surface area contributed by atoms with Crippen molar-refractivity contribution in [3.05, 3.63) is 11.3 Å². The van der Waals surface area contributed by atoms with Gasteiger partial charge in [-0.05, 0) is 74.2 Å². The van der Waals surface area contributed by atoms with Gasteiger partial charge in [0.1, 0.15) is 0 Å². The molecule has 0 aromatic heterocycles. The zero-order valence-electron chi connectivity index (χ0n) is 13.7. The lowest BCUT2D eigenvalue weighted by molar-refractivity contribution is -0.139. The molecule has 0 spiro atoms. The van der Waals surface area contributed by atoms with E-state index < -0.39 is 11.2 Å². The summed E-state index contributed by atoms with van der Waals surface area (Å²) in [6, 6.07) is 0. The van der Waals surface area contributed by atoms with Crippen molar-refractivity contribution in [2.24, 2.45) is 28.6 Å². The summed E-state index contributed by atoms with van der Waals surface area (Å²) in [6.07, 6.45) is 9.25. The van der Waals surface area contributed by atoms with Gasteiger partial charge in [-0.3, -0.25) is 9.59 Å². The van der Waals surface area contributed by atoms with Crippen LogP contribution in [0.25, 0.3) is 0 Å². The fourth-order valence-electron chi connectivity index (χ4n) is 6.45. The molecule has 0 heterocycles. The highest BCUT2D eigenvalue weighted by Gasteiger charge is 2.61. The molecule has 3 fully saturated rings. The normalized spacial score (nSPS) is 48.0. The minimum Gasteiger partial charge on any atom is -0.504 e. The molecule has 5 atom stereocenters. The maximum Gasteiger partial charge on any atom is 0.263 e. The lowest BCUT2D eigenvalue weighted by Crippen LogP contribution is -2.50. The van der Waals surface area contributed by atoms with Crippen molar-refractivity contribution in [3.8, 4) is 0 Å². The topological polar surface area (TPSA) is 54.4 Å². The standard InChI is InChI=1S/C19H26O3/c1-18-9-4-3-5-11(18)6-7-12-13(18)8-10-19(2)14(12)15(20)16(21)17(19)22/h11-13,20H,3-10H2,1-2H3/t11?,12-,13+,18+,19+/m1/s1. The molecule has 3 nitrogen and oxygen atoms in total. The fourth-order valence-corrected chi connectivity index (χ4v) is 6.45. The van der Waals surface area contributed by atoms with Crippen molar-refractivity contribution in [3.63, 3.8) is 0 Å². The van der Waals surface area contributed by atoms with Crippen molar-refractivity contribution in [1.82, 2.24) is 0 Å². The van der Waals surface area contributed by atoms with Crippen molar-refractivity contribution in [2.75, 3.05) is 0 Å². The number of carbonyl (C=O) groups is 2. The molecule has 120 valence electrons. The van der Waals surface area contributed by atoms with Gasteiger partial charge in [-0.2, -0.15) is 0 Å². The first-order valence-corrected chi connectivity index (χ1v) is 8.92. The Morgan fingerprint density at radius 3 is 2.55 bits per heavy atom. The van der Waals surface area contributed by atoms with Gasteiger partial charge in [0.15, 0.2) is 5.76 Å². The molecule has 22 heavy (non-hydrogen) atoms. The van der Waals surface area contributed by atoms with Crippen LogP contribution < -0.4 is 0 Å². The molecule has 0 saturated heterocycles. The van der Waals surface area contributed by atoms with E-state index in [9.17, 15) is 14.7 Å². The van der Waals surface area contributed by atoms with Gasteiger partial charge in [-0.1, -0.05) is 19.8 Å². The number of hydrogen-bond donors (Lipinski definition) is 1. The summed E-state index contributed by atoms with van der Waals surface area (Å²) in [5.74, 6) is 0.384. The van der Waals surface area contributed by atoms with Crippen molar-refractivity contribution < 1.29 is 14.7 Å². The molecule has 4 rings (SSSR count). The Labute approximate surface area is 132 Å². The zero-order valence-corrected chi connectivity index (χ0v) is 13.7. The van der Waals surface area contributed by atoms with E-state index in [1.54, 1.807) is 0 Å². The molecule has 0 amide bonds. The summed E-state index contributed by atoms with van der Waals surface area (Å²) in [5.41, 5.74) is 0.439. The highest BCUT2D eigenvalue weighted by atomic mass is 16.3. The summed E-state index contributed by atoms with van der Waals surface area (Å²) in [5, 5.41) is 10.4. The molecule has 4 aliphatic rings. The second kappa shape index (κ2) is 4.46. The summed E-state index contributed by atoms with van der Waals surface area (Å²) in [6.45, 7) is 4.32. The average Bonchev–Trinajstić information content (AvgIpc) is 2.68. The van der Waals surface area contributed by atoms with Crippen LogP contribution in [0.5, 0.6) is 0 Å². The Morgan fingerprint density at radius 1 is 1.00 bits per heavy atom. The van der Waals surface area contributed by atoms with Crippen LogP contribution in [-0.4, -0.2) is 16.7 Å². The highest BCUT2D eigenvalue weighted by Crippen LogP contribution is 2.64. The predicted octanol–water partition coefficient (Wildman–Crippen LogP) is 3.97. The van der Waals surface area contributed by atoms with Crippen molar-refractivity contribution in [2.45, 2.75) is 65.2 Å². The number of ketones is 2. The average molecular weight is 302 g/mol. The molecular weight excluding hydrogens is 276 g/mol. The van der Waals surface area contributed by atoms with E-state index in [2.05, 4.69) is 6.92 Å². The van der Waals surface area contributed by atoms with Crippen LogP contribution in [0.15, 0.2) is 11.3 Å². The second-order valence-corrected chi connectivity index (χ2v) is 8.53. The predicted molar refractivity (Wildman–Crippen MR) is 83.3 cm³/mol. The lowest BCUT2D eigenvalue weighted by atomic mass is 9.46. The number of Topliss-reactive ketones (excluding diaryl/α,β-unsaturated/α-hetero) is 2. The van der Waals surface area contributed by atoms with Crippen molar-refractivity contribution >= 4 is 11.6 Å². The van der Waals surface area contributed by atoms with E-state index in [1.165, 1.54) is 32.1 Å². The van der Waals surface area contributed by atoms with Crippen LogP contribution in [-0.2, 0) is 9.59 Å². The Hall–Kier alpha value is -1.12. The monoisotopic (exact) mass is 302 g/mol. The number of carbonyl (C=O) groups excluding carboxylic acids is 2. The molecule has 3 saturated carbocycles. The molecule has 0 aromatic carbocycles. The minimum absolute atomic E-state index is 0.194. The number of aliphatic hydroxyl groups is 1. The number of hydrogen-bond acceptors (Lipinski definition) is 3. The molecule has 0 aliphatic heterocycles. The molecule has 1 unspecified atom stereocenters. The summed E-state index contributed by atoms with van der Waals surface area (Å²) >= 11 is 0. The highest BCUT2D eigenvalue weighted by molar-refractivity contribution is 6.48. The fraction of sp³-hybridized carbons (Fsp3) is 0.789. The molecule has 4 aliphatic carbocycles. The summed E-state index contributed by atoms with van der Waals surface area (Å²) in [7, 11) is 0. The van der Waals surface area contributed by atoms with Gasteiger partial charge in [-0.25, -0.2) is 0 Å². The summed E-state index contributed by atoms with van der Waals surface area (Å²) in [4.78, 5) is 24.4. The maximum absolute atomic E-state index is 12.4. The van der Waals surface area contributed by atoms with Gasteiger partial charge in [-0.15, -0.1) is 0 Å². The van der Waals surface area contributed by atoms with E-state index in [4.69, 9.17) is 0 Å². The first-order valence-electron chi connectivity index (χ1n) is 8.92. The zero-order chi connectivity index (χ0) is 15.7. The Balaban J connectivity index is 1.78. The van der Waals surface area contributed by atoms with Crippen LogP contribution in [0.3, 0.4) is 0 Å². The number of fused-ring (bicyclic) bond motifs is 5. The molecule has 1 N–H and O–H groups in total. The van der Waals surface area contributed by atoms with Gasteiger partial charge in [0.05, 0.1) is 5.41 Å². The third-order valence-corrected chi connectivity index (χ3v) is 7.71. The van der Waals surface area contributed by atoms with Gasteiger partial charge in [0.25, 0.3) is 5.78 Å². The number of allylic oxidation sites excluding steroid dienone is 2. The first-order chi connectivity index (χ1) is 10.4. The van der Waals surface area contributed by atoms with Gasteiger partial charge in [0, 0.05) is 0 Å². The Bertz CT molecular complexity index is 589. The number of aliphatic hydroxyl groups excluding tert-OH is 1. The largest absolute Gasteiger partial charge is 0.504 e. The van der Waals surface area contributed by atoms with Crippen LogP contribution in [0.4, 0.5) is 0 Å². The smallest absolute Gasteiger partial charge is 0.263 e. The lowest BCUT2D eigenvalue weighted by Gasteiger charge is -2.57. The van der Waals surface area contributed by atoms with Crippen LogP contribution >= 0.6 is 0 Å². The molecule has 3 heteroatoms. The molecule has 0 radical (unpaired) electrons. The molecule has 0 bridgehead atoms. The first kappa shape index (κ1) is 14.5. The van der Waals surface area contributed by atoms with Gasteiger partial charge < -0.3 is 5.11 Å². The van der Waals surface area contributed by atoms with Gasteiger partial charge >= 0.3 is 0 Å². The Kier molecular flexibility index (Phi) is 2.93. The molecular formula is C19H26O3. The van der Waals surface area contributed by atoms with Crippen LogP contribution in [0.1, 0.15) is 65.2 Å². The van der Waals surface area contributed by atoms with Crippen molar-refractivity contribution in [1.29, 1.82) is 0 Å². The van der Waals surface area contributed by atoms with Crippen LogP contribution in [0, 0.1) is 28.6 Å². The third kappa shape index (κ3) is 1.58. The van der Waals surface area contributed by atoms with E-state index >= 15 is 0 Å². The Morgan fingerprint density at radius 2 is 1.77 bits per heavy atom. The summed E-state index contributed by atoms with van der Waals surface area (Å²) < 4.78 is 0. The van der Waals surface area contributed by atoms with Crippen LogP contribution in [0.2, 0.25) is 0 Å². The maximum atomic E-state index is 12.4. The third-order valence-electron chi connectivity index (χ3n) is 7.71. The van der Waals surface area contributed by atoms with Gasteiger partial charge in [0.2, 0.25) is 5.78 Å². The van der Waals surface area contributed by atoms with E-state index in [0.717, 1.165) is 30.8 Å². The van der Waals surface area contributed by atoms with E-state index in [1.807, 2.05) is 6.92 Å².